The smallest absolute Gasteiger partial charge is 0.258 e. The predicted octanol–water partition coefficient (Wildman–Crippen LogP) is 2.01. The van der Waals surface area contributed by atoms with Crippen molar-refractivity contribution < 1.29 is 14.3 Å². The molecule has 0 unspecified atom stereocenters. The Kier molecular flexibility index (Phi) is 6.94. The Bertz CT molecular complexity index is 502. The highest BCUT2D eigenvalue weighted by molar-refractivity contribution is 7.80. The second-order valence-electron chi connectivity index (χ2n) is 4.63. The number of nitrogens with two attached hydrogens (primary N) is 1. The second kappa shape index (κ2) is 8.46. The van der Waals surface area contributed by atoms with Crippen LogP contribution in [-0.2, 0) is 4.79 Å². The molecule has 1 aromatic carbocycles. The molecule has 0 aliphatic rings. The van der Waals surface area contributed by atoms with Crippen molar-refractivity contribution in [3.05, 3.63) is 23.8 Å². The van der Waals surface area contributed by atoms with Crippen molar-refractivity contribution in [1.29, 1.82) is 0 Å². The van der Waals surface area contributed by atoms with Crippen LogP contribution in [0.1, 0.15) is 32.3 Å². The first-order valence-corrected chi connectivity index (χ1v) is 7.32. The largest absolute Gasteiger partial charge is 0.497 e. The zero-order chi connectivity index (χ0) is 15.8. The lowest BCUT2D eigenvalue weighted by atomic mass is 10.2. The topological polar surface area (TPSA) is 73.6 Å². The maximum Gasteiger partial charge on any atom is 0.258 e. The maximum atomic E-state index is 11.8. The SMILES string of the molecule is CCC(CC)NC(=O)COc1cc(OC)cc(C(N)=S)c1. The Morgan fingerprint density at radius 2 is 1.90 bits per heavy atom. The molecule has 3 N–H and O–H groups in total. The summed E-state index contributed by atoms with van der Waals surface area (Å²) in [5.41, 5.74) is 6.24. The van der Waals surface area contributed by atoms with Gasteiger partial charge in [0.15, 0.2) is 6.61 Å². The summed E-state index contributed by atoms with van der Waals surface area (Å²) in [4.78, 5) is 12.1. The molecule has 0 aliphatic carbocycles. The van der Waals surface area contributed by atoms with Crippen LogP contribution in [0, 0.1) is 0 Å². The van der Waals surface area contributed by atoms with Crippen molar-refractivity contribution in [2.45, 2.75) is 32.7 Å². The van der Waals surface area contributed by atoms with Crippen molar-refractivity contribution >= 4 is 23.1 Å². The molecule has 1 aromatic rings. The van der Waals surface area contributed by atoms with E-state index in [1.54, 1.807) is 25.3 Å². The van der Waals surface area contributed by atoms with Gasteiger partial charge in [-0.15, -0.1) is 0 Å². The predicted molar refractivity (Wildman–Crippen MR) is 86.9 cm³/mol. The molecular formula is C15H22N2O3S. The molecule has 5 nitrogen and oxygen atoms in total. The van der Waals surface area contributed by atoms with Crippen molar-refractivity contribution in [3.8, 4) is 11.5 Å². The third-order valence-electron chi connectivity index (χ3n) is 3.12. The highest BCUT2D eigenvalue weighted by Crippen LogP contribution is 2.22. The van der Waals surface area contributed by atoms with Crippen LogP contribution in [0.4, 0.5) is 0 Å². The normalized spacial score (nSPS) is 10.3. The molecule has 6 heteroatoms. The molecule has 0 fully saturated rings. The van der Waals surface area contributed by atoms with E-state index in [2.05, 4.69) is 5.32 Å². The van der Waals surface area contributed by atoms with Crippen molar-refractivity contribution in [3.63, 3.8) is 0 Å². The molecule has 0 saturated carbocycles. The van der Waals surface area contributed by atoms with Crippen LogP contribution in [0.5, 0.6) is 11.5 Å². The van der Waals surface area contributed by atoms with Gasteiger partial charge in [0.25, 0.3) is 5.91 Å². The molecule has 1 rings (SSSR count). The summed E-state index contributed by atoms with van der Waals surface area (Å²) in [5, 5.41) is 2.91. The van der Waals surface area contributed by atoms with Crippen LogP contribution < -0.4 is 20.5 Å². The zero-order valence-electron chi connectivity index (χ0n) is 12.6. The standard InChI is InChI=1S/C15H22N2O3S/c1-4-11(5-2)17-14(18)9-20-13-7-10(15(16)21)6-12(8-13)19-3/h6-8,11H,4-5,9H2,1-3H3,(H2,16,21)(H,17,18). The number of carbonyl (C=O) groups is 1. The fraction of sp³-hybridized carbons (Fsp3) is 0.467. The molecule has 0 spiro atoms. The lowest BCUT2D eigenvalue weighted by molar-refractivity contribution is -0.123. The molecule has 116 valence electrons. The van der Waals surface area contributed by atoms with Gasteiger partial charge in [0.2, 0.25) is 0 Å². The first kappa shape index (κ1) is 17.2. The molecule has 1 amide bonds. The molecule has 0 radical (unpaired) electrons. The van der Waals surface area contributed by atoms with Gasteiger partial charge >= 0.3 is 0 Å². The Balaban J connectivity index is 2.68. The first-order valence-electron chi connectivity index (χ1n) is 6.91. The number of hydrogen-bond acceptors (Lipinski definition) is 4. The average molecular weight is 310 g/mol. The lowest BCUT2D eigenvalue weighted by Crippen LogP contribution is -2.37. The van der Waals surface area contributed by atoms with Gasteiger partial charge in [-0.05, 0) is 25.0 Å². The van der Waals surface area contributed by atoms with Gasteiger partial charge in [-0.1, -0.05) is 26.1 Å². The third-order valence-corrected chi connectivity index (χ3v) is 3.36. The summed E-state index contributed by atoms with van der Waals surface area (Å²) < 4.78 is 10.6. The van der Waals surface area contributed by atoms with E-state index < -0.39 is 0 Å². The van der Waals surface area contributed by atoms with Crippen LogP contribution in [0.15, 0.2) is 18.2 Å². The molecule has 0 saturated heterocycles. The Morgan fingerprint density at radius 1 is 1.29 bits per heavy atom. The molecule has 0 bridgehead atoms. The Morgan fingerprint density at radius 3 is 2.43 bits per heavy atom. The van der Waals surface area contributed by atoms with Crippen molar-refractivity contribution in [2.24, 2.45) is 5.73 Å². The highest BCUT2D eigenvalue weighted by Gasteiger charge is 2.10. The van der Waals surface area contributed by atoms with E-state index in [1.165, 1.54) is 0 Å². The average Bonchev–Trinajstić information content (AvgIpc) is 2.50. The van der Waals surface area contributed by atoms with Gasteiger partial charge in [0.05, 0.1) is 7.11 Å². The highest BCUT2D eigenvalue weighted by atomic mass is 32.1. The van der Waals surface area contributed by atoms with Crippen LogP contribution in [0.2, 0.25) is 0 Å². The van der Waals surface area contributed by atoms with Crippen LogP contribution in [0.25, 0.3) is 0 Å². The van der Waals surface area contributed by atoms with Gasteiger partial charge in [-0.2, -0.15) is 0 Å². The van der Waals surface area contributed by atoms with Gasteiger partial charge in [-0.25, -0.2) is 0 Å². The lowest BCUT2D eigenvalue weighted by Gasteiger charge is -2.15. The number of methoxy groups -OCH3 is 1. The summed E-state index contributed by atoms with van der Waals surface area (Å²) in [6.07, 6.45) is 1.79. The van der Waals surface area contributed by atoms with Crippen molar-refractivity contribution in [2.75, 3.05) is 13.7 Å². The number of thiocarbonyl (C=S) groups is 1. The van der Waals surface area contributed by atoms with Crippen molar-refractivity contribution in [1.82, 2.24) is 5.32 Å². The van der Waals surface area contributed by atoms with E-state index in [9.17, 15) is 4.79 Å². The molecule has 21 heavy (non-hydrogen) atoms. The van der Waals surface area contributed by atoms with Gasteiger partial charge in [-0.3, -0.25) is 4.79 Å². The number of nitrogens with one attached hydrogen (secondary N) is 1. The molecular weight excluding hydrogens is 288 g/mol. The summed E-state index contributed by atoms with van der Waals surface area (Å²) in [6.45, 7) is 4.01. The van der Waals surface area contributed by atoms with E-state index >= 15 is 0 Å². The summed E-state index contributed by atoms with van der Waals surface area (Å²) >= 11 is 4.94. The zero-order valence-corrected chi connectivity index (χ0v) is 13.5. The quantitative estimate of drug-likeness (QED) is 0.719. The minimum atomic E-state index is -0.150. The molecule has 0 heterocycles. The number of carbonyl (C=O) groups excluding carboxylic acids is 1. The van der Waals surface area contributed by atoms with E-state index in [-0.39, 0.29) is 23.5 Å². The fourth-order valence-electron chi connectivity index (χ4n) is 1.83. The molecule has 0 aliphatic heterocycles. The number of benzene rings is 1. The van der Waals surface area contributed by atoms with Crippen LogP contribution >= 0.6 is 12.2 Å². The first-order chi connectivity index (χ1) is 9.99. The van der Waals surface area contributed by atoms with E-state index in [4.69, 9.17) is 27.4 Å². The Hall–Kier alpha value is -1.82. The summed E-state index contributed by atoms with van der Waals surface area (Å²) in [6, 6.07) is 5.28. The van der Waals surface area contributed by atoms with E-state index in [0.29, 0.717) is 17.1 Å². The van der Waals surface area contributed by atoms with Crippen LogP contribution in [-0.4, -0.2) is 30.7 Å². The van der Waals surface area contributed by atoms with E-state index in [0.717, 1.165) is 12.8 Å². The summed E-state index contributed by atoms with van der Waals surface area (Å²) in [5.74, 6) is 0.927. The minimum absolute atomic E-state index is 0.0551. The molecule has 0 atom stereocenters. The fourth-order valence-corrected chi connectivity index (χ4v) is 1.94. The minimum Gasteiger partial charge on any atom is -0.497 e. The Labute approximate surface area is 130 Å². The van der Waals surface area contributed by atoms with Gasteiger partial charge in [0.1, 0.15) is 16.5 Å². The van der Waals surface area contributed by atoms with E-state index in [1.807, 2.05) is 13.8 Å². The monoisotopic (exact) mass is 310 g/mol. The van der Waals surface area contributed by atoms with Crippen LogP contribution in [0.3, 0.4) is 0 Å². The number of ether oxygens (including phenoxy) is 2. The van der Waals surface area contributed by atoms with Gasteiger partial charge < -0.3 is 20.5 Å². The maximum absolute atomic E-state index is 11.8. The number of amides is 1. The number of hydrogen-bond donors (Lipinski definition) is 2. The number of rotatable bonds is 8. The second-order valence-corrected chi connectivity index (χ2v) is 5.07. The van der Waals surface area contributed by atoms with Gasteiger partial charge in [0, 0.05) is 17.7 Å². The molecule has 0 aromatic heterocycles. The third kappa shape index (κ3) is 5.59. The summed E-state index contributed by atoms with van der Waals surface area (Å²) in [7, 11) is 1.54.